The van der Waals surface area contributed by atoms with Crippen LogP contribution in [0.5, 0.6) is 0 Å². The zero-order chi connectivity index (χ0) is 21.3. The average Bonchev–Trinajstić information content (AvgIpc) is 2.57. The number of hydrogen-bond donors (Lipinski definition) is 2. The van der Waals surface area contributed by atoms with Crippen LogP contribution in [0.25, 0.3) is 0 Å². The second-order valence-corrected chi connectivity index (χ2v) is 7.70. The summed E-state index contributed by atoms with van der Waals surface area (Å²) >= 11 is 0. The number of amides is 3. The van der Waals surface area contributed by atoms with Gasteiger partial charge >= 0.3 is 0 Å². The molecule has 0 aliphatic heterocycles. The van der Waals surface area contributed by atoms with Gasteiger partial charge in [-0.1, -0.05) is 34.1 Å². The summed E-state index contributed by atoms with van der Waals surface area (Å²) < 4.78 is 5.46. The number of likely N-dealkylation sites (N-methyl/N-ethyl adjacent to an activating group) is 2. The van der Waals surface area contributed by atoms with E-state index in [0.717, 1.165) is 6.42 Å². The Morgan fingerprint density at radius 1 is 1.11 bits per heavy atom. The molecular formula is C19H38N4O4. The van der Waals surface area contributed by atoms with Gasteiger partial charge in [0.2, 0.25) is 17.7 Å². The van der Waals surface area contributed by atoms with Crippen LogP contribution in [0.4, 0.5) is 0 Å². The molecule has 0 radical (unpaired) electrons. The van der Waals surface area contributed by atoms with Gasteiger partial charge in [-0.3, -0.25) is 19.3 Å². The number of nitrogens with zero attached hydrogens (tertiary/aromatic N) is 2. The Morgan fingerprint density at radius 3 is 2.04 bits per heavy atom. The fraction of sp³-hybridized carbons (Fsp3) is 0.842. The minimum atomic E-state index is -0.493. The Morgan fingerprint density at radius 2 is 1.67 bits per heavy atom. The molecule has 0 bridgehead atoms. The summed E-state index contributed by atoms with van der Waals surface area (Å²) in [6, 6.07) is -0.623. The number of rotatable bonds is 12. The zero-order valence-corrected chi connectivity index (χ0v) is 18.1. The molecule has 8 nitrogen and oxygen atoms in total. The number of nitrogens with two attached hydrogens (primary N) is 1. The van der Waals surface area contributed by atoms with E-state index in [1.165, 1.54) is 7.11 Å². The molecule has 4 atom stereocenters. The Hall–Kier alpha value is -1.67. The Kier molecular flexibility index (Phi) is 11.2. The van der Waals surface area contributed by atoms with E-state index < -0.39 is 12.0 Å². The van der Waals surface area contributed by atoms with Crippen LogP contribution in [0.1, 0.15) is 40.5 Å². The van der Waals surface area contributed by atoms with Crippen LogP contribution in [-0.4, -0.2) is 80.5 Å². The second-order valence-electron chi connectivity index (χ2n) is 7.70. The molecule has 0 heterocycles. The van der Waals surface area contributed by atoms with Crippen molar-refractivity contribution in [3.8, 4) is 0 Å². The topological polar surface area (TPSA) is 105 Å². The van der Waals surface area contributed by atoms with E-state index in [1.54, 1.807) is 11.9 Å². The third kappa shape index (κ3) is 7.84. The summed E-state index contributed by atoms with van der Waals surface area (Å²) in [6.45, 7) is 7.83. The van der Waals surface area contributed by atoms with Crippen molar-refractivity contribution in [1.82, 2.24) is 15.1 Å². The SMILES string of the molecule is CC[C@H](C)[C@@H]([C@@H](CC(N)=O)OC)N(C)C(=O)CNC(=O)[C@H](C(C)C)N(C)C. The first-order chi connectivity index (χ1) is 12.5. The second kappa shape index (κ2) is 11.9. The van der Waals surface area contributed by atoms with E-state index in [0.29, 0.717) is 0 Å². The third-order valence-electron chi connectivity index (χ3n) is 5.02. The molecule has 0 aromatic heterocycles. The number of hydrogen-bond acceptors (Lipinski definition) is 5. The average molecular weight is 387 g/mol. The number of methoxy groups -OCH3 is 1. The zero-order valence-electron chi connectivity index (χ0n) is 18.1. The van der Waals surface area contributed by atoms with E-state index in [9.17, 15) is 14.4 Å². The Bertz CT molecular complexity index is 488. The smallest absolute Gasteiger partial charge is 0.242 e. The minimum Gasteiger partial charge on any atom is -0.379 e. The van der Waals surface area contributed by atoms with Gasteiger partial charge in [0.1, 0.15) is 0 Å². The van der Waals surface area contributed by atoms with Crippen LogP contribution >= 0.6 is 0 Å². The number of carbonyl (C=O) groups is 3. The predicted molar refractivity (Wildman–Crippen MR) is 106 cm³/mol. The molecular weight excluding hydrogens is 348 g/mol. The summed E-state index contributed by atoms with van der Waals surface area (Å²) in [6.07, 6.45) is 0.349. The highest BCUT2D eigenvalue weighted by Crippen LogP contribution is 2.21. The first-order valence-electron chi connectivity index (χ1n) is 9.48. The quantitative estimate of drug-likeness (QED) is 0.507. The van der Waals surface area contributed by atoms with E-state index >= 15 is 0 Å². The molecule has 3 N–H and O–H groups in total. The van der Waals surface area contributed by atoms with Crippen molar-refractivity contribution in [3.05, 3.63) is 0 Å². The van der Waals surface area contributed by atoms with Crippen LogP contribution in [0.2, 0.25) is 0 Å². The standard InChI is InChI=1S/C19H38N4O4/c1-9-13(4)18(14(27-8)10-15(20)24)23(7)16(25)11-21-19(26)17(12(2)3)22(5)6/h12-14,17-18H,9-11H2,1-8H3,(H2,20,24)(H,21,26)/t13-,14+,17-,18-/m0/s1. The summed E-state index contributed by atoms with van der Waals surface area (Å²) in [4.78, 5) is 39.9. The maximum Gasteiger partial charge on any atom is 0.242 e. The first kappa shape index (κ1) is 25.3. The van der Waals surface area contributed by atoms with Crippen LogP contribution in [0.15, 0.2) is 0 Å². The lowest BCUT2D eigenvalue weighted by Gasteiger charge is -2.37. The van der Waals surface area contributed by atoms with Gasteiger partial charge in [-0.25, -0.2) is 0 Å². The molecule has 0 fully saturated rings. The number of carbonyl (C=O) groups excluding carboxylic acids is 3. The maximum atomic E-state index is 12.7. The summed E-state index contributed by atoms with van der Waals surface area (Å²) in [5.41, 5.74) is 5.33. The van der Waals surface area contributed by atoms with Crippen molar-refractivity contribution >= 4 is 17.7 Å². The van der Waals surface area contributed by atoms with Crippen molar-refractivity contribution in [2.75, 3.05) is 34.8 Å². The van der Waals surface area contributed by atoms with Crippen molar-refractivity contribution in [2.45, 2.75) is 58.7 Å². The van der Waals surface area contributed by atoms with Crippen LogP contribution < -0.4 is 11.1 Å². The molecule has 0 saturated heterocycles. The van der Waals surface area contributed by atoms with Gasteiger partial charge in [0.15, 0.2) is 0 Å². The number of primary amides is 1. The molecule has 3 amide bonds. The van der Waals surface area contributed by atoms with Gasteiger partial charge in [0.25, 0.3) is 0 Å². The van der Waals surface area contributed by atoms with E-state index in [-0.39, 0.29) is 48.7 Å². The molecule has 0 aliphatic carbocycles. The highest BCUT2D eigenvalue weighted by atomic mass is 16.5. The lowest BCUT2D eigenvalue weighted by Crippen LogP contribution is -2.54. The normalized spacial score (nSPS) is 15.9. The lowest BCUT2D eigenvalue weighted by atomic mass is 9.91. The third-order valence-corrected chi connectivity index (χ3v) is 5.02. The summed E-state index contributed by atoms with van der Waals surface area (Å²) in [7, 11) is 6.85. The van der Waals surface area contributed by atoms with E-state index in [1.807, 2.05) is 46.7 Å². The summed E-state index contributed by atoms with van der Waals surface area (Å²) in [5, 5.41) is 2.73. The highest BCUT2D eigenvalue weighted by Gasteiger charge is 2.33. The molecule has 0 saturated carbocycles. The number of ether oxygens (including phenoxy) is 1. The monoisotopic (exact) mass is 386 g/mol. The lowest BCUT2D eigenvalue weighted by molar-refractivity contribution is -0.139. The van der Waals surface area contributed by atoms with Crippen LogP contribution in [0, 0.1) is 11.8 Å². The number of nitrogens with one attached hydrogen (secondary N) is 1. The molecule has 27 heavy (non-hydrogen) atoms. The summed E-state index contributed by atoms with van der Waals surface area (Å²) in [5.74, 6) is -0.674. The van der Waals surface area contributed by atoms with Crippen LogP contribution in [-0.2, 0) is 19.1 Å². The molecule has 0 rings (SSSR count). The fourth-order valence-corrected chi connectivity index (χ4v) is 3.47. The minimum absolute atomic E-state index is 0.0333. The van der Waals surface area contributed by atoms with Gasteiger partial charge in [-0.05, 0) is 25.9 Å². The van der Waals surface area contributed by atoms with Crippen molar-refractivity contribution in [3.63, 3.8) is 0 Å². The Balaban J connectivity index is 5.17. The molecule has 0 spiro atoms. The Labute approximate surface area is 163 Å². The first-order valence-corrected chi connectivity index (χ1v) is 9.48. The molecule has 8 heteroatoms. The molecule has 0 unspecified atom stereocenters. The predicted octanol–water partition coefficient (Wildman–Crippen LogP) is 0.452. The van der Waals surface area contributed by atoms with Gasteiger partial charge in [0.05, 0.1) is 31.2 Å². The van der Waals surface area contributed by atoms with Gasteiger partial charge in [-0.2, -0.15) is 0 Å². The van der Waals surface area contributed by atoms with Gasteiger partial charge in [-0.15, -0.1) is 0 Å². The van der Waals surface area contributed by atoms with E-state index in [2.05, 4.69) is 5.32 Å². The van der Waals surface area contributed by atoms with Crippen LogP contribution in [0.3, 0.4) is 0 Å². The molecule has 0 aromatic rings. The highest BCUT2D eigenvalue weighted by molar-refractivity contribution is 5.87. The van der Waals surface area contributed by atoms with Gasteiger partial charge in [0, 0.05) is 14.2 Å². The molecule has 158 valence electrons. The maximum absolute atomic E-state index is 12.7. The van der Waals surface area contributed by atoms with Crippen molar-refractivity contribution in [2.24, 2.45) is 17.6 Å². The van der Waals surface area contributed by atoms with Crippen molar-refractivity contribution < 1.29 is 19.1 Å². The van der Waals surface area contributed by atoms with E-state index in [4.69, 9.17) is 10.5 Å². The fourth-order valence-electron chi connectivity index (χ4n) is 3.47. The largest absolute Gasteiger partial charge is 0.379 e. The molecule has 0 aromatic carbocycles. The molecule has 0 aliphatic rings. The van der Waals surface area contributed by atoms with Gasteiger partial charge < -0.3 is 20.7 Å². The van der Waals surface area contributed by atoms with Crippen molar-refractivity contribution in [1.29, 1.82) is 0 Å².